The first kappa shape index (κ1) is 22.4. The first-order valence-corrected chi connectivity index (χ1v) is 2.88. The third-order valence-electron chi connectivity index (χ3n) is 0. The van der Waals surface area contributed by atoms with E-state index < -0.39 is 16.4 Å². The average Bonchev–Trinajstić information content (AvgIpc) is 1.19. The molecule has 11 heavy (non-hydrogen) atoms. The van der Waals surface area contributed by atoms with E-state index in [4.69, 9.17) is 22.3 Å². The molecular formula is CH11MgN3O5S. The normalized spacial score (nSPS) is 7.45. The number of carbonyl (C=O) groups is 1. The summed E-state index contributed by atoms with van der Waals surface area (Å²) in [5, 5.41) is 0. The summed E-state index contributed by atoms with van der Waals surface area (Å²) < 4.78 is 31.6. The van der Waals surface area contributed by atoms with Crippen molar-refractivity contribution in [2.75, 3.05) is 0 Å². The third kappa shape index (κ3) is 34100. The van der Waals surface area contributed by atoms with Gasteiger partial charge in [0.2, 0.25) is 0 Å². The number of primary amides is 2. The predicted octanol–water partition coefficient (Wildman–Crippen LogP) is -1.62. The van der Waals surface area contributed by atoms with Crippen LogP contribution in [0.2, 0.25) is 0 Å². The van der Waals surface area contributed by atoms with Gasteiger partial charge in [-0.15, -0.1) is 0 Å². The molecule has 0 aliphatic heterocycles. The van der Waals surface area contributed by atoms with Gasteiger partial charge in [-0.05, 0) is 0 Å². The Balaban J connectivity index is -0.0000000146. The molecule has 0 fully saturated rings. The van der Waals surface area contributed by atoms with Crippen LogP contribution in [0.1, 0.15) is 2.85 Å². The van der Waals surface area contributed by atoms with Gasteiger partial charge in [0.15, 0.2) is 0 Å². The minimum Gasteiger partial charge on any atom is -1.00 e. The number of rotatable bonds is 0. The number of urea groups is 1. The van der Waals surface area contributed by atoms with Crippen LogP contribution in [0.4, 0.5) is 4.79 Å². The zero-order valence-electron chi connectivity index (χ0n) is 7.60. The van der Waals surface area contributed by atoms with Gasteiger partial charge in [-0.3, -0.25) is 9.11 Å². The molecular weight excluding hydrogens is 190 g/mol. The van der Waals surface area contributed by atoms with Gasteiger partial charge in [0.1, 0.15) is 0 Å². The van der Waals surface area contributed by atoms with Gasteiger partial charge in [-0.2, -0.15) is 8.42 Å². The minimum absolute atomic E-state index is 0. The second-order valence-corrected chi connectivity index (χ2v) is 1.75. The Hall–Kier alpha value is -0.134. The van der Waals surface area contributed by atoms with Gasteiger partial charge < -0.3 is 20.5 Å². The maximum absolute atomic E-state index is 9.00. The van der Waals surface area contributed by atoms with Crippen molar-refractivity contribution >= 4 is 39.5 Å². The Morgan fingerprint density at radius 1 is 1.27 bits per heavy atom. The molecule has 0 rings (SSSR count). The van der Waals surface area contributed by atoms with E-state index in [1.165, 1.54) is 0 Å². The van der Waals surface area contributed by atoms with Crippen molar-refractivity contribution in [3.05, 3.63) is 0 Å². The zero-order valence-corrected chi connectivity index (χ0v) is 7.83. The molecule has 0 unspecified atom stereocenters. The van der Waals surface area contributed by atoms with Crippen LogP contribution < -0.4 is 17.6 Å². The molecule has 0 aromatic rings. The minimum atomic E-state index is -4.67. The third-order valence-corrected chi connectivity index (χ3v) is 0. The molecule has 0 aliphatic rings. The van der Waals surface area contributed by atoms with E-state index in [9.17, 15) is 0 Å². The van der Waals surface area contributed by atoms with Gasteiger partial charge in [-0.1, -0.05) is 0 Å². The van der Waals surface area contributed by atoms with Crippen molar-refractivity contribution < 1.29 is 25.2 Å². The quantitative estimate of drug-likeness (QED) is 0.232. The van der Waals surface area contributed by atoms with Crippen LogP contribution in [-0.4, -0.2) is 46.6 Å². The molecule has 0 radical (unpaired) electrons. The van der Waals surface area contributed by atoms with E-state index in [-0.39, 0.29) is 32.1 Å². The molecule has 8 nitrogen and oxygen atoms in total. The molecule has 0 aromatic carbocycles. The van der Waals surface area contributed by atoms with Crippen LogP contribution in [0.5, 0.6) is 0 Å². The first-order valence-electron chi connectivity index (χ1n) is 1.48. The molecule has 0 saturated carbocycles. The standard InChI is InChI=1S/CH4N2O.Mg.H3N.H2O4S.2H/c2-1(3)4;;;1-5(2,3)4;;/h(H4,2,3,4);;1H3;(H2,1,2,3,4);;/q;+2;;;2*-1. The van der Waals surface area contributed by atoms with Crippen LogP contribution >= 0.6 is 0 Å². The number of hydrogen-bond acceptors (Lipinski definition) is 4. The topological polar surface area (TPSA) is 179 Å². The Labute approximate surface area is 82.6 Å². The fraction of sp³-hybridized carbons (Fsp3) is 0. The second-order valence-electron chi connectivity index (χ2n) is 0.850. The number of amides is 2. The van der Waals surface area contributed by atoms with Crippen molar-refractivity contribution in [1.29, 1.82) is 0 Å². The van der Waals surface area contributed by atoms with Crippen molar-refractivity contribution in [3.8, 4) is 0 Å². The molecule has 10 heteroatoms. The first-order chi connectivity index (χ1) is 3.73. The van der Waals surface area contributed by atoms with Crippen LogP contribution in [0.3, 0.4) is 0 Å². The van der Waals surface area contributed by atoms with E-state index >= 15 is 0 Å². The maximum atomic E-state index is 9.00. The molecule has 0 atom stereocenters. The Kier molecular flexibility index (Phi) is 20.1. The summed E-state index contributed by atoms with van der Waals surface area (Å²) in [6, 6.07) is -0.833. The van der Waals surface area contributed by atoms with E-state index in [1.807, 2.05) is 0 Å². The zero-order chi connectivity index (χ0) is 8.08. The van der Waals surface area contributed by atoms with Gasteiger partial charge in [-0.25, -0.2) is 4.79 Å². The van der Waals surface area contributed by atoms with Crippen molar-refractivity contribution in [3.63, 3.8) is 0 Å². The van der Waals surface area contributed by atoms with Crippen LogP contribution in [0.25, 0.3) is 0 Å². The number of nitrogens with two attached hydrogens (primary N) is 2. The largest absolute Gasteiger partial charge is 2.00 e. The summed E-state index contributed by atoms with van der Waals surface area (Å²) in [5.74, 6) is 0. The predicted molar refractivity (Wildman–Crippen MR) is 40.9 cm³/mol. The average molecular weight is 201 g/mol. The van der Waals surface area contributed by atoms with Gasteiger partial charge in [0, 0.05) is 0 Å². The summed E-state index contributed by atoms with van der Waals surface area (Å²) in [6.07, 6.45) is 0. The molecule has 0 saturated heterocycles. The number of hydrogen-bond donors (Lipinski definition) is 5. The maximum Gasteiger partial charge on any atom is 2.00 e. The van der Waals surface area contributed by atoms with Crippen molar-refractivity contribution in [2.24, 2.45) is 11.5 Å². The van der Waals surface area contributed by atoms with Gasteiger partial charge in [0.05, 0.1) is 0 Å². The number of carbonyl (C=O) groups excluding carboxylic acids is 1. The van der Waals surface area contributed by atoms with Crippen LogP contribution in [0.15, 0.2) is 0 Å². The summed E-state index contributed by atoms with van der Waals surface area (Å²) in [7, 11) is -4.67. The fourth-order valence-corrected chi connectivity index (χ4v) is 0. The monoisotopic (exact) mass is 201 g/mol. The molecule has 9 N–H and O–H groups in total. The van der Waals surface area contributed by atoms with Gasteiger partial charge in [0.25, 0.3) is 0 Å². The molecule has 0 bridgehead atoms. The van der Waals surface area contributed by atoms with Crippen molar-refractivity contribution in [2.45, 2.75) is 0 Å². The second kappa shape index (κ2) is 9.87. The van der Waals surface area contributed by atoms with E-state index in [1.54, 1.807) is 0 Å². The summed E-state index contributed by atoms with van der Waals surface area (Å²) in [5.41, 5.74) is 8.50. The molecule has 0 aromatic heterocycles. The van der Waals surface area contributed by atoms with Gasteiger partial charge >= 0.3 is 39.5 Å². The molecule has 68 valence electrons. The van der Waals surface area contributed by atoms with E-state index in [2.05, 4.69) is 11.5 Å². The smallest absolute Gasteiger partial charge is 1.00 e. The van der Waals surface area contributed by atoms with Crippen LogP contribution in [0, 0.1) is 0 Å². The van der Waals surface area contributed by atoms with E-state index in [0.29, 0.717) is 0 Å². The van der Waals surface area contributed by atoms with E-state index in [0.717, 1.165) is 0 Å². The summed E-state index contributed by atoms with van der Waals surface area (Å²) >= 11 is 0. The summed E-state index contributed by atoms with van der Waals surface area (Å²) in [4.78, 5) is 9.00. The summed E-state index contributed by atoms with van der Waals surface area (Å²) in [6.45, 7) is 0. The molecule has 0 heterocycles. The molecule has 0 aliphatic carbocycles. The van der Waals surface area contributed by atoms with Crippen LogP contribution in [-0.2, 0) is 10.4 Å². The fourth-order valence-electron chi connectivity index (χ4n) is 0. The van der Waals surface area contributed by atoms with Crippen molar-refractivity contribution in [1.82, 2.24) is 6.15 Å². The Morgan fingerprint density at radius 2 is 1.27 bits per heavy atom. The SMILES string of the molecule is N.NC(N)=O.O=S(=O)(O)O.[H-].[H-].[Mg+2]. The molecule has 0 spiro atoms. The Morgan fingerprint density at radius 3 is 1.27 bits per heavy atom. The Bertz CT molecular complexity index is 172. The molecule has 2 amide bonds.